The Morgan fingerprint density at radius 3 is 2.24 bits per heavy atom. The van der Waals surface area contributed by atoms with Crippen LogP contribution >= 0.6 is 0 Å². The number of hydrogen-bond acceptors (Lipinski definition) is 10. The summed E-state index contributed by atoms with van der Waals surface area (Å²) in [4.78, 5) is 42.0. The molecule has 0 unspecified atom stereocenters. The van der Waals surface area contributed by atoms with E-state index >= 15 is 0 Å². The van der Waals surface area contributed by atoms with Crippen molar-refractivity contribution in [2.45, 2.75) is 62.1 Å². The molecular weight excluding hydrogens is 342 g/mol. The van der Waals surface area contributed by atoms with Gasteiger partial charge in [0.2, 0.25) is 6.04 Å². The highest BCUT2D eigenvalue weighted by molar-refractivity contribution is 5.07. The molecule has 3 aliphatic rings. The lowest BCUT2D eigenvalue weighted by Gasteiger charge is -2.42. The first-order chi connectivity index (χ1) is 11.6. The van der Waals surface area contributed by atoms with Crippen molar-refractivity contribution in [3.05, 3.63) is 30.3 Å². The Morgan fingerprint density at radius 1 is 1.24 bits per heavy atom. The monoisotopic (exact) mass is 357 g/mol. The zero-order chi connectivity index (χ0) is 18.6. The lowest BCUT2D eigenvalue weighted by atomic mass is 9.69. The molecule has 0 aromatic heterocycles. The Hall–Kier alpha value is -2.43. The largest absolute Gasteiger partial charge is 0.569 e. The number of nitro groups is 3. The summed E-state index contributed by atoms with van der Waals surface area (Å²) >= 11 is 0. The van der Waals surface area contributed by atoms with Crippen LogP contribution in [0.5, 0.6) is 0 Å². The SMILES string of the molecule is C[C@@]1(ON2OC3(CC(C#N)C3)CC2([N+](=O)[O-])[N+](=O)[O-])CC[C@@H]1[N+](=O)[O-]. The van der Waals surface area contributed by atoms with E-state index in [9.17, 15) is 30.3 Å². The predicted molar refractivity (Wildman–Crippen MR) is 74.8 cm³/mol. The van der Waals surface area contributed by atoms with Gasteiger partial charge in [-0.1, -0.05) is 0 Å². The average Bonchev–Trinajstić information content (AvgIpc) is 2.80. The third-order valence-electron chi connectivity index (χ3n) is 5.30. The van der Waals surface area contributed by atoms with E-state index in [1.54, 1.807) is 0 Å². The van der Waals surface area contributed by atoms with E-state index in [1.807, 2.05) is 6.07 Å². The molecular formula is C12H15N5O8. The molecule has 3 fully saturated rings. The van der Waals surface area contributed by atoms with Crippen molar-refractivity contribution >= 4 is 0 Å². The summed E-state index contributed by atoms with van der Waals surface area (Å²) in [5, 5.41) is 43.2. The van der Waals surface area contributed by atoms with E-state index in [2.05, 4.69) is 0 Å². The third-order valence-corrected chi connectivity index (χ3v) is 5.30. The second-order valence-corrected chi connectivity index (χ2v) is 6.97. The van der Waals surface area contributed by atoms with Crippen molar-refractivity contribution < 1.29 is 24.4 Å². The molecule has 1 saturated heterocycles. The van der Waals surface area contributed by atoms with Gasteiger partial charge in [0, 0.05) is 11.3 Å². The summed E-state index contributed by atoms with van der Waals surface area (Å²) in [5.74, 6) is -3.32. The molecule has 1 spiro atoms. The third kappa shape index (κ3) is 2.33. The Bertz CT molecular complexity index is 671. The van der Waals surface area contributed by atoms with E-state index in [1.165, 1.54) is 6.92 Å². The maximum Gasteiger partial charge on any atom is 0.569 e. The molecule has 136 valence electrons. The van der Waals surface area contributed by atoms with Gasteiger partial charge in [-0.25, -0.2) is 4.84 Å². The minimum atomic E-state index is -2.90. The number of nitriles is 1. The molecule has 2 atom stereocenters. The van der Waals surface area contributed by atoms with Gasteiger partial charge in [0.1, 0.15) is 21.9 Å². The van der Waals surface area contributed by atoms with Crippen LogP contribution in [0.25, 0.3) is 0 Å². The van der Waals surface area contributed by atoms with Crippen LogP contribution in [-0.2, 0) is 9.68 Å². The molecule has 13 heteroatoms. The lowest BCUT2D eigenvalue weighted by Crippen LogP contribution is -2.63. The van der Waals surface area contributed by atoms with Gasteiger partial charge in [-0.3, -0.25) is 35.2 Å². The van der Waals surface area contributed by atoms with Crippen LogP contribution in [0.15, 0.2) is 0 Å². The van der Waals surface area contributed by atoms with Crippen LogP contribution in [0, 0.1) is 47.6 Å². The number of rotatable bonds is 5. The zero-order valence-electron chi connectivity index (χ0n) is 13.2. The Balaban J connectivity index is 1.90. The molecule has 0 radical (unpaired) electrons. The van der Waals surface area contributed by atoms with E-state index < -0.39 is 50.1 Å². The summed E-state index contributed by atoms with van der Waals surface area (Å²) < 4.78 is 0. The van der Waals surface area contributed by atoms with E-state index in [4.69, 9.17) is 14.9 Å². The number of nitrogens with zero attached hydrogens (tertiary/aromatic N) is 5. The molecule has 2 aliphatic carbocycles. The molecule has 13 nitrogen and oxygen atoms in total. The zero-order valence-corrected chi connectivity index (χ0v) is 13.2. The molecule has 0 amide bonds. The maximum absolute atomic E-state index is 11.5. The lowest BCUT2D eigenvalue weighted by molar-refractivity contribution is -0.854. The highest BCUT2D eigenvalue weighted by atomic mass is 17.0. The maximum atomic E-state index is 11.5. The first-order valence-electron chi connectivity index (χ1n) is 7.59. The molecule has 1 heterocycles. The Labute approximate surface area is 140 Å². The van der Waals surface area contributed by atoms with Gasteiger partial charge in [0.15, 0.2) is 5.60 Å². The summed E-state index contributed by atoms with van der Waals surface area (Å²) in [6.07, 6.45) is 0.00246. The quantitative estimate of drug-likeness (QED) is 0.385. The van der Waals surface area contributed by atoms with Crippen molar-refractivity contribution in [3.8, 4) is 6.07 Å². The fourth-order valence-electron chi connectivity index (χ4n) is 3.65. The highest BCUT2D eigenvalue weighted by Gasteiger charge is 2.78. The number of hydroxylamine groups is 2. The Kier molecular flexibility index (Phi) is 3.67. The van der Waals surface area contributed by atoms with Crippen LogP contribution < -0.4 is 0 Å². The van der Waals surface area contributed by atoms with Crippen molar-refractivity contribution in [2.75, 3.05) is 0 Å². The molecule has 0 aromatic rings. The van der Waals surface area contributed by atoms with Crippen LogP contribution in [0.4, 0.5) is 0 Å². The minimum Gasteiger partial charge on any atom is -0.264 e. The summed E-state index contributed by atoms with van der Waals surface area (Å²) in [7, 11) is 0. The second-order valence-electron chi connectivity index (χ2n) is 6.97. The van der Waals surface area contributed by atoms with Crippen LogP contribution in [0.1, 0.15) is 39.0 Å². The first-order valence-corrected chi connectivity index (χ1v) is 7.59. The van der Waals surface area contributed by atoms with Crippen molar-refractivity contribution in [2.24, 2.45) is 5.92 Å². The average molecular weight is 357 g/mol. The first kappa shape index (κ1) is 17.4. The van der Waals surface area contributed by atoms with E-state index in [0.717, 1.165) is 0 Å². The molecule has 3 rings (SSSR count). The molecule has 2 saturated carbocycles. The van der Waals surface area contributed by atoms with E-state index in [-0.39, 0.29) is 30.9 Å². The van der Waals surface area contributed by atoms with Gasteiger partial charge in [-0.15, -0.1) is 0 Å². The fourth-order valence-corrected chi connectivity index (χ4v) is 3.65. The van der Waals surface area contributed by atoms with Gasteiger partial charge in [0.25, 0.3) is 0 Å². The summed E-state index contributed by atoms with van der Waals surface area (Å²) in [6, 6.07) is 0.836. The summed E-state index contributed by atoms with van der Waals surface area (Å²) in [6.45, 7) is 1.36. The highest BCUT2D eigenvalue weighted by Crippen LogP contribution is 2.54. The summed E-state index contributed by atoms with van der Waals surface area (Å²) in [5.41, 5.74) is -2.69. The van der Waals surface area contributed by atoms with Gasteiger partial charge in [0.05, 0.1) is 17.2 Å². The molecule has 1 aliphatic heterocycles. The molecule has 0 bridgehead atoms. The van der Waals surface area contributed by atoms with Gasteiger partial charge in [-0.2, -0.15) is 5.26 Å². The van der Waals surface area contributed by atoms with Crippen molar-refractivity contribution in [1.29, 1.82) is 5.26 Å². The normalized spacial score (nSPS) is 39.2. The second kappa shape index (κ2) is 5.28. The minimum absolute atomic E-state index is 0.0994. The van der Waals surface area contributed by atoms with Crippen molar-refractivity contribution in [1.82, 2.24) is 5.23 Å². The van der Waals surface area contributed by atoms with E-state index in [0.29, 0.717) is 0 Å². The standard InChI is InChI=1S/C12H15N5O8/c1-10(3-2-9(10)14(18)19)24-17-12(15(20)21,16(22)23)7-11(25-17)4-8(5-11)6-13/h8-9H,2-5,7H2,1H3/t8?,9-,10+,11?/m0/s1. The van der Waals surface area contributed by atoms with Crippen molar-refractivity contribution in [3.63, 3.8) is 0 Å². The Morgan fingerprint density at radius 2 is 1.84 bits per heavy atom. The molecule has 0 aromatic carbocycles. The predicted octanol–water partition coefficient (Wildman–Crippen LogP) is 0.633. The molecule has 25 heavy (non-hydrogen) atoms. The van der Waals surface area contributed by atoms with Crippen LogP contribution in [0.2, 0.25) is 0 Å². The smallest absolute Gasteiger partial charge is 0.264 e. The van der Waals surface area contributed by atoms with Gasteiger partial charge in [-0.05, 0) is 26.2 Å². The van der Waals surface area contributed by atoms with Crippen LogP contribution in [0.3, 0.4) is 0 Å². The molecule has 0 N–H and O–H groups in total. The fraction of sp³-hybridized carbons (Fsp3) is 0.917. The van der Waals surface area contributed by atoms with Gasteiger partial charge < -0.3 is 0 Å². The number of hydrogen-bond donors (Lipinski definition) is 0. The topological polar surface area (TPSA) is 175 Å². The van der Waals surface area contributed by atoms with Crippen LogP contribution in [-0.4, -0.2) is 43.0 Å². The van der Waals surface area contributed by atoms with Gasteiger partial charge >= 0.3 is 5.79 Å².